The molecule has 3 rings (SSSR count). The Morgan fingerprint density at radius 2 is 1.61 bits per heavy atom. The van der Waals surface area contributed by atoms with Gasteiger partial charge in [-0.15, -0.1) is 0 Å². The third-order valence-electron chi connectivity index (χ3n) is 5.04. The molecule has 0 saturated heterocycles. The fourth-order valence-corrected chi connectivity index (χ4v) is 3.41. The second kappa shape index (κ2) is 10.0. The van der Waals surface area contributed by atoms with Crippen LogP contribution in [0.2, 0.25) is 0 Å². The number of ether oxygens (including phenoxy) is 1. The number of carbonyl (C=O) groups is 1. The minimum atomic E-state index is -1.07. The van der Waals surface area contributed by atoms with E-state index >= 15 is 0 Å². The molecule has 1 atom stereocenters. The zero-order valence-electron chi connectivity index (χ0n) is 18.1. The van der Waals surface area contributed by atoms with Crippen LogP contribution in [0, 0.1) is 20.2 Å². The minimum absolute atomic E-state index is 0.0976. The molecule has 0 heterocycles. The summed E-state index contributed by atoms with van der Waals surface area (Å²) in [5.74, 6) is -0.0788. The smallest absolute Gasteiger partial charge is 0.277 e. The number of hydrogen-bond acceptors (Lipinski definition) is 7. The van der Waals surface area contributed by atoms with Gasteiger partial charge >= 0.3 is 0 Å². The highest BCUT2D eigenvalue weighted by molar-refractivity contribution is 5.96. The number of hydrogen-bond donors (Lipinski definition) is 1. The Balaban J connectivity index is 1.77. The molecule has 1 N–H and O–H groups in total. The van der Waals surface area contributed by atoms with Crippen molar-refractivity contribution in [3.05, 3.63) is 86.5 Å². The molecule has 0 bridgehead atoms. The summed E-state index contributed by atoms with van der Waals surface area (Å²) in [6.07, 6.45) is -1.07. The summed E-state index contributed by atoms with van der Waals surface area (Å²) < 4.78 is 5.78. The molecule has 172 valence electrons. The number of nitrogens with zero attached hydrogens (tertiary/aromatic N) is 3. The number of aliphatic hydroxyl groups excluding tert-OH is 1. The summed E-state index contributed by atoms with van der Waals surface area (Å²) in [4.78, 5) is 35.0. The van der Waals surface area contributed by atoms with Gasteiger partial charge in [-0.1, -0.05) is 36.4 Å². The van der Waals surface area contributed by atoms with Crippen molar-refractivity contribution < 1.29 is 24.5 Å². The van der Waals surface area contributed by atoms with E-state index in [2.05, 4.69) is 0 Å². The van der Waals surface area contributed by atoms with Gasteiger partial charge in [-0.25, -0.2) is 0 Å². The molecule has 10 heteroatoms. The standard InChI is InChI=1S/C23H23N3O7/c1-15(2)24(23(28)17-10-18(25(29)30)12-19(11-17)26(31)32)13-20(27)14-33-22-9-5-7-16-6-3-4-8-21(16)22/h3-12,15,20,27H,13-14H2,1-2H3. The number of nitro groups is 2. The summed E-state index contributed by atoms with van der Waals surface area (Å²) in [6, 6.07) is 15.6. The van der Waals surface area contributed by atoms with Crippen LogP contribution in [0.15, 0.2) is 60.7 Å². The van der Waals surface area contributed by atoms with Crippen molar-refractivity contribution in [2.24, 2.45) is 0 Å². The molecule has 1 amide bonds. The van der Waals surface area contributed by atoms with Crippen molar-refractivity contribution in [1.82, 2.24) is 4.90 Å². The Labute approximate surface area is 189 Å². The number of aliphatic hydroxyl groups is 1. The fourth-order valence-electron chi connectivity index (χ4n) is 3.41. The van der Waals surface area contributed by atoms with E-state index in [1.807, 2.05) is 36.4 Å². The van der Waals surface area contributed by atoms with Crippen molar-refractivity contribution in [3.63, 3.8) is 0 Å². The fraction of sp³-hybridized carbons (Fsp3) is 0.261. The molecule has 0 spiro atoms. The van der Waals surface area contributed by atoms with Gasteiger partial charge in [0.15, 0.2) is 0 Å². The maximum atomic E-state index is 13.0. The van der Waals surface area contributed by atoms with E-state index in [1.54, 1.807) is 19.9 Å². The van der Waals surface area contributed by atoms with Gasteiger partial charge < -0.3 is 14.7 Å². The lowest BCUT2D eigenvalue weighted by atomic mass is 10.1. The zero-order chi connectivity index (χ0) is 24.1. The SMILES string of the molecule is CC(C)N(CC(O)COc1cccc2ccccc12)C(=O)c1cc([N+](=O)[O-])cc([N+](=O)[O-])c1. The van der Waals surface area contributed by atoms with Crippen LogP contribution >= 0.6 is 0 Å². The van der Waals surface area contributed by atoms with Gasteiger partial charge in [0.25, 0.3) is 17.3 Å². The zero-order valence-corrected chi connectivity index (χ0v) is 18.1. The highest BCUT2D eigenvalue weighted by atomic mass is 16.6. The van der Waals surface area contributed by atoms with Gasteiger partial charge in [0.05, 0.1) is 28.0 Å². The highest BCUT2D eigenvalue weighted by Crippen LogP contribution is 2.26. The molecule has 0 aliphatic rings. The van der Waals surface area contributed by atoms with E-state index in [4.69, 9.17) is 4.74 Å². The minimum Gasteiger partial charge on any atom is -0.490 e. The first-order chi connectivity index (χ1) is 15.7. The van der Waals surface area contributed by atoms with Crippen molar-refractivity contribution >= 4 is 28.1 Å². The second-order valence-electron chi connectivity index (χ2n) is 7.75. The lowest BCUT2D eigenvalue weighted by molar-refractivity contribution is -0.394. The van der Waals surface area contributed by atoms with Gasteiger partial charge in [-0.3, -0.25) is 25.0 Å². The lowest BCUT2D eigenvalue weighted by Crippen LogP contribution is -2.43. The van der Waals surface area contributed by atoms with Crippen LogP contribution < -0.4 is 4.74 Å². The number of benzene rings is 3. The topological polar surface area (TPSA) is 136 Å². The summed E-state index contributed by atoms with van der Waals surface area (Å²) in [6.45, 7) is 3.20. The normalized spacial score (nSPS) is 11.9. The van der Waals surface area contributed by atoms with Crippen molar-refractivity contribution in [1.29, 1.82) is 0 Å². The van der Waals surface area contributed by atoms with Crippen LogP contribution in [0.4, 0.5) is 11.4 Å². The molecule has 1 unspecified atom stereocenters. The molecule has 3 aromatic rings. The van der Waals surface area contributed by atoms with E-state index in [0.29, 0.717) is 5.75 Å². The molecular formula is C23H23N3O7. The number of rotatable bonds is 9. The third kappa shape index (κ3) is 5.60. The summed E-state index contributed by atoms with van der Waals surface area (Å²) in [5, 5.41) is 34.7. The largest absolute Gasteiger partial charge is 0.490 e. The van der Waals surface area contributed by atoms with E-state index in [9.17, 15) is 30.1 Å². The maximum absolute atomic E-state index is 13.0. The van der Waals surface area contributed by atoms with Gasteiger partial charge in [0.1, 0.15) is 18.5 Å². The summed E-state index contributed by atoms with van der Waals surface area (Å²) in [5.41, 5.74) is -1.32. The van der Waals surface area contributed by atoms with Crippen molar-refractivity contribution in [2.75, 3.05) is 13.2 Å². The maximum Gasteiger partial charge on any atom is 0.277 e. The van der Waals surface area contributed by atoms with Gasteiger partial charge in [0, 0.05) is 23.6 Å². The van der Waals surface area contributed by atoms with Crippen LogP contribution in [0.3, 0.4) is 0 Å². The number of non-ortho nitro benzene ring substituents is 2. The molecular weight excluding hydrogens is 430 g/mol. The number of nitro benzene ring substituents is 2. The average Bonchev–Trinajstić information content (AvgIpc) is 2.80. The van der Waals surface area contributed by atoms with Crippen LogP contribution in [-0.2, 0) is 0 Å². The summed E-state index contributed by atoms with van der Waals surface area (Å²) in [7, 11) is 0. The summed E-state index contributed by atoms with van der Waals surface area (Å²) >= 11 is 0. The molecule has 0 aromatic heterocycles. The van der Waals surface area contributed by atoms with Crippen molar-refractivity contribution in [2.45, 2.75) is 26.0 Å². The number of fused-ring (bicyclic) bond motifs is 1. The van der Waals surface area contributed by atoms with E-state index in [-0.39, 0.29) is 24.8 Å². The predicted octanol–water partition coefficient (Wildman–Crippen LogP) is 3.95. The first-order valence-corrected chi connectivity index (χ1v) is 10.2. The Bertz CT molecular complexity index is 1160. The first kappa shape index (κ1) is 23.6. The quantitative estimate of drug-likeness (QED) is 0.383. The average molecular weight is 453 g/mol. The Kier molecular flexibility index (Phi) is 7.19. The first-order valence-electron chi connectivity index (χ1n) is 10.2. The molecule has 0 radical (unpaired) electrons. The van der Waals surface area contributed by atoms with E-state index in [0.717, 1.165) is 29.0 Å². The van der Waals surface area contributed by atoms with Gasteiger partial charge in [-0.2, -0.15) is 0 Å². The molecule has 3 aromatic carbocycles. The lowest BCUT2D eigenvalue weighted by Gasteiger charge is -2.29. The molecule has 10 nitrogen and oxygen atoms in total. The molecule has 0 aliphatic heterocycles. The monoisotopic (exact) mass is 453 g/mol. The Morgan fingerprint density at radius 3 is 2.21 bits per heavy atom. The van der Waals surface area contributed by atoms with E-state index in [1.165, 1.54) is 4.90 Å². The molecule has 0 saturated carbocycles. The van der Waals surface area contributed by atoms with Crippen LogP contribution in [0.25, 0.3) is 10.8 Å². The van der Waals surface area contributed by atoms with Crippen LogP contribution in [0.1, 0.15) is 24.2 Å². The molecule has 0 fully saturated rings. The van der Waals surface area contributed by atoms with Gasteiger partial charge in [0.2, 0.25) is 0 Å². The van der Waals surface area contributed by atoms with Crippen LogP contribution in [-0.4, -0.2) is 51.1 Å². The Morgan fingerprint density at radius 1 is 1.00 bits per heavy atom. The number of carbonyl (C=O) groups excluding carboxylic acids is 1. The van der Waals surface area contributed by atoms with E-state index < -0.39 is 33.2 Å². The number of amides is 1. The molecule has 0 aliphatic carbocycles. The van der Waals surface area contributed by atoms with Crippen molar-refractivity contribution in [3.8, 4) is 5.75 Å². The molecule has 33 heavy (non-hydrogen) atoms. The second-order valence-corrected chi connectivity index (χ2v) is 7.75. The van der Waals surface area contributed by atoms with Gasteiger partial charge in [-0.05, 0) is 25.3 Å². The third-order valence-corrected chi connectivity index (χ3v) is 5.04. The Hall–Kier alpha value is -4.05. The predicted molar refractivity (Wildman–Crippen MR) is 121 cm³/mol. The van der Waals surface area contributed by atoms with Crippen LogP contribution in [0.5, 0.6) is 5.75 Å². The highest BCUT2D eigenvalue weighted by Gasteiger charge is 2.26.